The first-order chi connectivity index (χ1) is 14.7. The van der Waals surface area contributed by atoms with E-state index in [0.29, 0.717) is 18.3 Å². The van der Waals surface area contributed by atoms with E-state index in [0.717, 1.165) is 44.1 Å². The molecule has 2 aromatic heterocycles. The Bertz CT molecular complexity index is 1360. The van der Waals surface area contributed by atoms with E-state index < -0.39 is 0 Å². The average molecular weight is 391 g/mol. The van der Waals surface area contributed by atoms with Crippen LogP contribution in [-0.4, -0.2) is 9.97 Å². The van der Waals surface area contributed by atoms with Gasteiger partial charge in [-0.1, -0.05) is 66.7 Å². The highest BCUT2D eigenvalue weighted by Gasteiger charge is 2.13. The molecule has 0 saturated heterocycles. The minimum Gasteiger partial charge on any atom is -0.472 e. The Morgan fingerprint density at radius 2 is 1.57 bits per heavy atom. The highest BCUT2D eigenvalue weighted by Crippen LogP contribution is 2.30. The summed E-state index contributed by atoms with van der Waals surface area (Å²) in [7, 11) is 0. The molecule has 0 aliphatic heterocycles. The lowest BCUT2D eigenvalue weighted by atomic mass is 10.0. The van der Waals surface area contributed by atoms with Crippen LogP contribution in [0.15, 0.2) is 84.9 Å². The molecule has 3 aromatic carbocycles. The molecule has 5 aromatic rings. The number of aryl methyl sites for hydroxylation is 1. The van der Waals surface area contributed by atoms with Crippen molar-refractivity contribution < 1.29 is 4.74 Å². The van der Waals surface area contributed by atoms with Crippen LogP contribution in [0.4, 0.5) is 5.82 Å². The summed E-state index contributed by atoms with van der Waals surface area (Å²) in [5, 5.41) is 3.05. The second-order valence-electron chi connectivity index (χ2n) is 7.37. The molecule has 4 heteroatoms. The number of hydrogen-bond acceptors (Lipinski definition) is 4. The number of nitrogens with two attached hydrogens (primary N) is 1. The zero-order valence-corrected chi connectivity index (χ0v) is 16.7. The lowest BCUT2D eigenvalue weighted by Gasteiger charge is -2.14. The number of ether oxygens (including phenoxy) is 1. The maximum Gasteiger partial charge on any atom is 0.223 e. The van der Waals surface area contributed by atoms with Crippen molar-refractivity contribution in [2.24, 2.45) is 0 Å². The van der Waals surface area contributed by atoms with Gasteiger partial charge >= 0.3 is 0 Å². The lowest BCUT2D eigenvalue weighted by Crippen LogP contribution is -2.03. The predicted octanol–water partition coefficient (Wildman–Crippen LogP) is 5.92. The van der Waals surface area contributed by atoms with Crippen LogP contribution in [0.2, 0.25) is 0 Å². The summed E-state index contributed by atoms with van der Waals surface area (Å²) < 4.78 is 6.20. The van der Waals surface area contributed by atoms with Crippen molar-refractivity contribution in [3.8, 4) is 17.1 Å². The van der Waals surface area contributed by atoms with Crippen LogP contribution in [0.3, 0.4) is 0 Å². The van der Waals surface area contributed by atoms with Crippen LogP contribution in [0.5, 0.6) is 5.88 Å². The van der Waals surface area contributed by atoms with E-state index in [1.165, 1.54) is 0 Å². The third-order valence-corrected chi connectivity index (χ3v) is 5.26. The third kappa shape index (κ3) is 3.33. The SMILES string of the molecule is Cc1cccc2cc(COc3nc(N)cc4ccccc34)c(-c3ccccc3)nc12. The zero-order chi connectivity index (χ0) is 20.5. The molecule has 0 aliphatic rings. The summed E-state index contributed by atoms with van der Waals surface area (Å²) in [6.07, 6.45) is 0. The second kappa shape index (κ2) is 7.48. The van der Waals surface area contributed by atoms with Crippen LogP contribution < -0.4 is 10.5 Å². The molecule has 0 aliphatic carbocycles. The highest BCUT2D eigenvalue weighted by molar-refractivity contribution is 5.89. The van der Waals surface area contributed by atoms with Gasteiger partial charge in [-0.25, -0.2) is 4.98 Å². The number of nitrogen functional groups attached to an aromatic ring is 1. The van der Waals surface area contributed by atoms with E-state index in [1.807, 2.05) is 48.5 Å². The molecule has 2 heterocycles. The van der Waals surface area contributed by atoms with E-state index in [2.05, 4.69) is 48.3 Å². The van der Waals surface area contributed by atoms with Crippen molar-refractivity contribution in [2.75, 3.05) is 5.73 Å². The van der Waals surface area contributed by atoms with Gasteiger partial charge in [-0.3, -0.25) is 0 Å². The number of aromatic nitrogens is 2. The Hall–Kier alpha value is -3.92. The fraction of sp³-hybridized carbons (Fsp3) is 0.0769. The number of pyridine rings is 2. The summed E-state index contributed by atoms with van der Waals surface area (Å²) >= 11 is 0. The van der Waals surface area contributed by atoms with Gasteiger partial charge in [-0.15, -0.1) is 0 Å². The topological polar surface area (TPSA) is 61.0 Å². The Morgan fingerprint density at radius 3 is 2.43 bits per heavy atom. The van der Waals surface area contributed by atoms with E-state index in [1.54, 1.807) is 0 Å². The van der Waals surface area contributed by atoms with Crippen molar-refractivity contribution in [1.29, 1.82) is 0 Å². The van der Waals surface area contributed by atoms with Crippen molar-refractivity contribution in [3.63, 3.8) is 0 Å². The van der Waals surface area contributed by atoms with Crippen molar-refractivity contribution in [3.05, 3.63) is 96.1 Å². The van der Waals surface area contributed by atoms with Gasteiger partial charge in [0.2, 0.25) is 5.88 Å². The molecule has 4 nitrogen and oxygen atoms in total. The van der Waals surface area contributed by atoms with Crippen molar-refractivity contribution in [2.45, 2.75) is 13.5 Å². The fourth-order valence-corrected chi connectivity index (χ4v) is 3.79. The highest BCUT2D eigenvalue weighted by atomic mass is 16.5. The van der Waals surface area contributed by atoms with Crippen LogP contribution >= 0.6 is 0 Å². The molecule has 0 amide bonds. The van der Waals surface area contributed by atoms with Gasteiger partial charge < -0.3 is 10.5 Å². The molecule has 0 unspecified atom stereocenters. The summed E-state index contributed by atoms with van der Waals surface area (Å²) in [5.74, 6) is 0.980. The van der Waals surface area contributed by atoms with E-state index >= 15 is 0 Å². The molecule has 146 valence electrons. The predicted molar refractivity (Wildman–Crippen MR) is 122 cm³/mol. The smallest absolute Gasteiger partial charge is 0.223 e. The monoisotopic (exact) mass is 391 g/mol. The normalized spacial score (nSPS) is 11.1. The largest absolute Gasteiger partial charge is 0.472 e. The zero-order valence-electron chi connectivity index (χ0n) is 16.7. The third-order valence-electron chi connectivity index (χ3n) is 5.26. The Balaban J connectivity index is 1.61. The van der Waals surface area contributed by atoms with E-state index in [4.69, 9.17) is 15.5 Å². The molecule has 5 rings (SSSR count). The van der Waals surface area contributed by atoms with Crippen molar-refractivity contribution >= 4 is 27.5 Å². The summed E-state index contributed by atoms with van der Waals surface area (Å²) in [6.45, 7) is 2.44. The van der Waals surface area contributed by atoms with Crippen LogP contribution in [-0.2, 0) is 6.61 Å². The number of fused-ring (bicyclic) bond motifs is 2. The van der Waals surface area contributed by atoms with Gasteiger partial charge in [0, 0.05) is 21.9 Å². The summed E-state index contributed by atoms with van der Waals surface area (Å²) in [6, 6.07) is 28.4. The van der Waals surface area contributed by atoms with Crippen molar-refractivity contribution in [1.82, 2.24) is 9.97 Å². The summed E-state index contributed by atoms with van der Waals surface area (Å²) in [4.78, 5) is 9.44. The fourth-order valence-electron chi connectivity index (χ4n) is 3.79. The standard InChI is InChI=1S/C26H21N3O/c1-17-8-7-12-20-14-21(25(29-24(17)20)18-9-3-2-4-10-18)16-30-26-22-13-6-5-11-19(22)15-23(27)28-26/h2-15H,16H2,1H3,(H2,27,28). The molecule has 0 atom stereocenters. The van der Waals surface area contributed by atoms with E-state index in [-0.39, 0.29) is 0 Å². The van der Waals surface area contributed by atoms with Gasteiger partial charge in [-0.2, -0.15) is 4.98 Å². The molecule has 0 bridgehead atoms. The first-order valence-corrected chi connectivity index (χ1v) is 9.92. The summed E-state index contributed by atoms with van der Waals surface area (Å²) in [5.41, 5.74) is 11.2. The number of nitrogens with zero attached hydrogens (tertiary/aromatic N) is 2. The molecule has 0 saturated carbocycles. The second-order valence-corrected chi connectivity index (χ2v) is 7.37. The first kappa shape index (κ1) is 18.1. The van der Waals surface area contributed by atoms with Gasteiger partial charge in [0.1, 0.15) is 12.4 Å². The molecular formula is C26H21N3O. The molecule has 0 spiro atoms. The average Bonchev–Trinajstić information content (AvgIpc) is 2.77. The molecule has 0 fully saturated rings. The minimum atomic E-state index is 0.349. The first-order valence-electron chi connectivity index (χ1n) is 9.92. The minimum absolute atomic E-state index is 0.349. The quantitative estimate of drug-likeness (QED) is 0.413. The van der Waals surface area contributed by atoms with Crippen LogP contribution in [0.1, 0.15) is 11.1 Å². The number of hydrogen-bond donors (Lipinski definition) is 1. The number of benzene rings is 3. The number of rotatable bonds is 4. The lowest BCUT2D eigenvalue weighted by molar-refractivity contribution is 0.299. The number of para-hydroxylation sites is 1. The molecule has 30 heavy (non-hydrogen) atoms. The maximum absolute atomic E-state index is 6.20. The van der Waals surface area contributed by atoms with Crippen LogP contribution in [0.25, 0.3) is 32.9 Å². The van der Waals surface area contributed by atoms with Gasteiger partial charge in [0.05, 0.1) is 11.2 Å². The van der Waals surface area contributed by atoms with Gasteiger partial charge in [0.15, 0.2) is 0 Å². The molecular weight excluding hydrogens is 370 g/mol. The van der Waals surface area contributed by atoms with Crippen LogP contribution in [0, 0.1) is 6.92 Å². The molecule has 0 radical (unpaired) electrons. The maximum atomic E-state index is 6.20. The van der Waals surface area contributed by atoms with E-state index in [9.17, 15) is 0 Å². The van der Waals surface area contributed by atoms with Gasteiger partial charge in [0.25, 0.3) is 0 Å². The number of anilines is 1. The molecule has 2 N–H and O–H groups in total. The Kier molecular flexibility index (Phi) is 4.52. The van der Waals surface area contributed by atoms with Gasteiger partial charge in [-0.05, 0) is 36.1 Å². The Labute approximate surface area is 175 Å². The Morgan fingerprint density at radius 1 is 0.800 bits per heavy atom.